The van der Waals surface area contributed by atoms with Crippen molar-refractivity contribution in [1.82, 2.24) is 0 Å². The summed E-state index contributed by atoms with van der Waals surface area (Å²) < 4.78 is 10.7. The van der Waals surface area contributed by atoms with E-state index >= 15 is 0 Å². The number of quaternary nitrogens is 1. The van der Waals surface area contributed by atoms with Gasteiger partial charge in [0.15, 0.2) is 0 Å². The van der Waals surface area contributed by atoms with Gasteiger partial charge >= 0.3 is 12.1 Å². The van der Waals surface area contributed by atoms with E-state index in [4.69, 9.17) is 9.47 Å². The number of hydrogen-bond acceptors (Lipinski definition) is 4. The molecular formula is C18H27BrNO4+. The third-order valence-corrected chi connectivity index (χ3v) is 4.09. The second-order valence-corrected chi connectivity index (χ2v) is 7.46. The van der Waals surface area contributed by atoms with Crippen LogP contribution in [0.4, 0.5) is 4.79 Å². The van der Waals surface area contributed by atoms with Gasteiger partial charge in [-0.1, -0.05) is 53.2 Å². The number of rotatable bonds is 7. The second kappa shape index (κ2) is 9.79. The maximum absolute atomic E-state index is 12.2. The van der Waals surface area contributed by atoms with E-state index in [9.17, 15) is 9.59 Å². The fourth-order valence-corrected chi connectivity index (χ4v) is 2.52. The minimum Gasteiger partial charge on any atom is -0.459 e. The molecule has 1 aromatic rings. The molecule has 1 aromatic carbocycles. The summed E-state index contributed by atoms with van der Waals surface area (Å²) in [6, 6.07) is 9.34. The molecule has 0 saturated heterocycles. The van der Waals surface area contributed by atoms with Crippen LogP contribution in [0.25, 0.3) is 0 Å². The summed E-state index contributed by atoms with van der Waals surface area (Å²) in [5, 5.41) is 0. The minimum atomic E-state index is -0.527. The van der Waals surface area contributed by atoms with E-state index in [0.29, 0.717) is 18.0 Å². The van der Waals surface area contributed by atoms with E-state index < -0.39 is 10.4 Å². The van der Waals surface area contributed by atoms with Crippen molar-refractivity contribution in [3.63, 3.8) is 0 Å². The SMILES string of the molecule is CCC[NH+](CCOC(=O)C(Br)c1ccccc1)C(=O)OC(C)(C)C. The lowest BCUT2D eigenvalue weighted by atomic mass is 10.1. The van der Waals surface area contributed by atoms with Crippen molar-refractivity contribution in [2.75, 3.05) is 19.7 Å². The Morgan fingerprint density at radius 3 is 2.33 bits per heavy atom. The van der Waals surface area contributed by atoms with E-state index in [0.717, 1.165) is 12.0 Å². The number of carbonyl (C=O) groups is 2. The normalized spacial score (nSPS) is 13.9. The molecule has 0 aliphatic heterocycles. The fourth-order valence-electron chi connectivity index (χ4n) is 2.09. The summed E-state index contributed by atoms with van der Waals surface area (Å²) >= 11 is 3.35. The van der Waals surface area contributed by atoms with Gasteiger partial charge in [-0.3, -0.25) is 4.79 Å². The second-order valence-electron chi connectivity index (χ2n) is 6.55. The fraction of sp³-hybridized carbons (Fsp3) is 0.556. The van der Waals surface area contributed by atoms with Crippen LogP contribution < -0.4 is 4.90 Å². The van der Waals surface area contributed by atoms with Crippen LogP contribution in [0.1, 0.15) is 44.5 Å². The Hall–Kier alpha value is -1.40. The number of benzene rings is 1. The van der Waals surface area contributed by atoms with Gasteiger partial charge < -0.3 is 9.47 Å². The van der Waals surface area contributed by atoms with Gasteiger partial charge in [0.05, 0.1) is 6.54 Å². The average molecular weight is 401 g/mol. The van der Waals surface area contributed by atoms with Gasteiger partial charge in [0, 0.05) is 0 Å². The van der Waals surface area contributed by atoms with Gasteiger partial charge in [-0.2, -0.15) is 4.79 Å². The van der Waals surface area contributed by atoms with Gasteiger partial charge in [-0.15, -0.1) is 0 Å². The van der Waals surface area contributed by atoms with Crippen molar-refractivity contribution in [1.29, 1.82) is 0 Å². The van der Waals surface area contributed by atoms with Crippen LogP contribution in [0.15, 0.2) is 30.3 Å². The van der Waals surface area contributed by atoms with Crippen molar-refractivity contribution < 1.29 is 24.0 Å². The van der Waals surface area contributed by atoms with Crippen LogP contribution >= 0.6 is 15.9 Å². The lowest BCUT2D eigenvalue weighted by Crippen LogP contribution is -3.15. The Morgan fingerprint density at radius 1 is 1.17 bits per heavy atom. The minimum absolute atomic E-state index is 0.169. The molecule has 1 N–H and O–H groups in total. The molecule has 0 heterocycles. The molecular weight excluding hydrogens is 374 g/mol. The molecule has 0 fully saturated rings. The van der Waals surface area contributed by atoms with Gasteiger partial charge in [0.25, 0.3) is 0 Å². The van der Waals surface area contributed by atoms with Crippen LogP contribution in [0.2, 0.25) is 0 Å². The lowest BCUT2D eigenvalue weighted by molar-refractivity contribution is -0.825. The van der Waals surface area contributed by atoms with E-state index in [1.165, 1.54) is 0 Å². The summed E-state index contributed by atoms with van der Waals surface area (Å²) in [6.07, 6.45) is 0.534. The predicted octanol–water partition coefficient (Wildman–Crippen LogP) is 2.90. The maximum Gasteiger partial charge on any atom is 0.514 e. The van der Waals surface area contributed by atoms with Crippen molar-refractivity contribution in [3.8, 4) is 0 Å². The molecule has 0 bridgehead atoms. The number of halogens is 1. The standard InChI is InChI=1S/C18H26BrNO4/c1-5-11-20(17(22)24-18(2,3)4)12-13-23-16(21)15(19)14-9-7-6-8-10-14/h6-10,15H,5,11-13H2,1-4H3/p+1. The molecule has 2 unspecified atom stereocenters. The van der Waals surface area contributed by atoms with Crippen LogP contribution in [0, 0.1) is 0 Å². The number of alkyl carbamates (subject to hydrolysis) is 2. The smallest absolute Gasteiger partial charge is 0.459 e. The van der Waals surface area contributed by atoms with Crippen molar-refractivity contribution in [3.05, 3.63) is 35.9 Å². The highest BCUT2D eigenvalue weighted by Crippen LogP contribution is 2.23. The zero-order valence-corrected chi connectivity index (χ0v) is 16.4. The molecule has 6 heteroatoms. The summed E-state index contributed by atoms with van der Waals surface area (Å²) in [4.78, 5) is 24.4. The van der Waals surface area contributed by atoms with E-state index in [1.54, 1.807) is 0 Å². The molecule has 1 rings (SSSR count). The first-order valence-electron chi connectivity index (χ1n) is 8.18. The molecule has 0 aromatic heterocycles. The molecule has 2 atom stereocenters. The van der Waals surface area contributed by atoms with Crippen molar-refractivity contribution in [2.45, 2.75) is 44.5 Å². The first kappa shape index (κ1) is 20.6. The average Bonchev–Trinajstić information content (AvgIpc) is 2.52. The third kappa shape index (κ3) is 7.45. The lowest BCUT2D eigenvalue weighted by Gasteiger charge is -2.22. The summed E-state index contributed by atoms with van der Waals surface area (Å²) in [5.41, 5.74) is 0.313. The van der Waals surface area contributed by atoms with Crippen molar-refractivity contribution in [2.24, 2.45) is 0 Å². The van der Waals surface area contributed by atoms with Crippen LogP contribution in [-0.4, -0.2) is 37.4 Å². The van der Waals surface area contributed by atoms with E-state index in [-0.39, 0.29) is 18.7 Å². The first-order valence-corrected chi connectivity index (χ1v) is 9.10. The molecule has 5 nitrogen and oxygen atoms in total. The number of carbonyl (C=O) groups excluding carboxylic acids is 2. The highest BCUT2D eigenvalue weighted by Gasteiger charge is 2.27. The number of nitrogens with one attached hydrogen (secondary N) is 1. The number of esters is 1. The number of alkyl halides is 1. The monoisotopic (exact) mass is 400 g/mol. The van der Waals surface area contributed by atoms with Crippen molar-refractivity contribution >= 4 is 28.0 Å². The third-order valence-electron chi connectivity index (χ3n) is 3.19. The quantitative estimate of drug-likeness (QED) is 0.564. The number of ether oxygens (including phenoxy) is 2. The Bertz CT molecular complexity index is 528. The zero-order chi connectivity index (χ0) is 18.2. The summed E-state index contributed by atoms with van der Waals surface area (Å²) in [7, 11) is 0. The summed E-state index contributed by atoms with van der Waals surface area (Å²) in [5.74, 6) is -0.360. The van der Waals surface area contributed by atoms with Gasteiger partial charge in [0.1, 0.15) is 23.6 Å². The highest BCUT2D eigenvalue weighted by atomic mass is 79.9. The molecule has 24 heavy (non-hydrogen) atoms. The topological polar surface area (TPSA) is 57.0 Å². The molecule has 0 spiro atoms. The molecule has 0 aliphatic carbocycles. The first-order chi connectivity index (χ1) is 11.2. The predicted molar refractivity (Wildman–Crippen MR) is 96.3 cm³/mol. The molecule has 0 radical (unpaired) electrons. The van der Waals surface area contributed by atoms with Crippen LogP contribution in [0.5, 0.6) is 0 Å². The molecule has 0 saturated carbocycles. The largest absolute Gasteiger partial charge is 0.514 e. The van der Waals surface area contributed by atoms with Crippen LogP contribution in [-0.2, 0) is 14.3 Å². The Morgan fingerprint density at radius 2 is 1.79 bits per heavy atom. The summed E-state index contributed by atoms with van der Waals surface area (Å²) in [6.45, 7) is 8.71. The Kier molecular flexibility index (Phi) is 8.42. The maximum atomic E-state index is 12.2. The number of hydrogen-bond donors (Lipinski definition) is 1. The van der Waals surface area contributed by atoms with Gasteiger partial charge in [0.2, 0.25) is 0 Å². The van der Waals surface area contributed by atoms with Gasteiger partial charge in [-0.05, 0) is 32.8 Å². The van der Waals surface area contributed by atoms with E-state index in [2.05, 4.69) is 15.9 Å². The highest BCUT2D eigenvalue weighted by molar-refractivity contribution is 9.09. The number of amides is 1. The molecule has 0 aliphatic rings. The molecule has 134 valence electrons. The molecule has 1 amide bonds. The Labute approximate surface area is 152 Å². The van der Waals surface area contributed by atoms with E-state index in [1.807, 2.05) is 58.0 Å². The van der Waals surface area contributed by atoms with Crippen LogP contribution in [0.3, 0.4) is 0 Å². The zero-order valence-electron chi connectivity index (χ0n) is 14.8. The van der Waals surface area contributed by atoms with Gasteiger partial charge in [-0.25, -0.2) is 4.90 Å². The Balaban J connectivity index is 2.50.